The molecule has 96 valence electrons. The second-order valence-electron chi connectivity index (χ2n) is 3.70. The third-order valence-corrected chi connectivity index (χ3v) is 2.54. The molecular weight excluding hydrogens is 224 g/mol. The summed E-state index contributed by atoms with van der Waals surface area (Å²) < 4.78 is 10.2. The summed E-state index contributed by atoms with van der Waals surface area (Å²) in [5.74, 6) is -0.0442. The Balaban J connectivity index is 2.96. The van der Waals surface area contributed by atoms with Crippen molar-refractivity contribution >= 4 is 18.6 Å². The minimum absolute atomic E-state index is 0.178. The van der Waals surface area contributed by atoms with E-state index in [0.717, 1.165) is 32.5 Å². The van der Waals surface area contributed by atoms with E-state index in [1.165, 1.54) is 19.3 Å². The molecule has 0 saturated carbocycles. The molecule has 0 unspecified atom stereocenters. The third-order valence-electron chi connectivity index (χ3n) is 2.28. The maximum absolute atomic E-state index is 10.7. The zero-order chi connectivity index (χ0) is 12.1. The molecule has 0 aliphatic heterocycles. The van der Waals surface area contributed by atoms with Gasteiger partial charge in [0.1, 0.15) is 0 Å². The molecule has 0 aliphatic rings. The minimum Gasteiger partial charge on any atom is -0.465 e. The second kappa shape index (κ2) is 12.8. The van der Waals surface area contributed by atoms with Crippen LogP contribution >= 0.6 is 12.6 Å². The van der Waals surface area contributed by atoms with Gasteiger partial charge in [-0.3, -0.25) is 4.79 Å². The molecule has 0 spiro atoms. The molecule has 0 aromatic heterocycles. The molecular formula is C12H24O3S. The summed E-state index contributed by atoms with van der Waals surface area (Å²) in [6.45, 7) is 4.26. The number of thiol groups is 1. The van der Waals surface area contributed by atoms with Crippen molar-refractivity contribution in [3.8, 4) is 0 Å². The van der Waals surface area contributed by atoms with Crippen molar-refractivity contribution in [1.29, 1.82) is 0 Å². The zero-order valence-electron chi connectivity index (χ0n) is 10.2. The quantitative estimate of drug-likeness (QED) is 0.347. The normalized spacial score (nSPS) is 10.4. The van der Waals surface area contributed by atoms with Gasteiger partial charge in [0.15, 0.2) is 0 Å². The fourth-order valence-electron chi connectivity index (χ4n) is 1.39. The van der Waals surface area contributed by atoms with E-state index in [0.29, 0.717) is 6.61 Å². The molecule has 0 radical (unpaired) electrons. The van der Waals surface area contributed by atoms with E-state index in [4.69, 9.17) is 9.47 Å². The lowest BCUT2D eigenvalue weighted by Crippen LogP contribution is -2.06. The van der Waals surface area contributed by atoms with Crippen molar-refractivity contribution in [1.82, 2.24) is 0 Å². The van der Waals surface area contributed by atoms with Crippen LogP contribution in [0, 0.1) is 0 Å². The third kappa shape index (κ3) is 11.9. The van der Waals surface area contributed by atoms with Crippen molar-refractivity contribution in [3.05, 3.63) is 0 Å². The standard InChI is InChI=1S/C12H24O3S/c1-2-14-9-7-5-3-4-6-8-10-15-12(13)11-16/h16H,2-11H2,1H3. The smallest absolute Gasteiger partial charge is 0.315 e. The fourth-order valence-corrected chi connectivity index (χ4v) is 1.48. The molecule has 4 heteroatoms. The molecule has 0 aliphatic carbocycles. The first kappa shape index (κ1) is 15.8. The summed E-state index contributed by atoms with van der Waals surface area (Å²) in [5.41, 5.74) is 0. The van der Waals surface area contributed by atoms with Gasteiger partial charge >= 0.3 is 5.97 Å². The summed E-state index contributed by atoms with van der Waals surface area (Å²) in [4.78, 5) is 10.7. The molecule has 0 aromatic carbocycles. The number of esters is 1. The Kier molecular flexibility index (Phi) is 12.7. The molecule has 0 saturated heterocycles. The van der Waals surface area contributed by atoms with Gasteiger partial charge in [-0.15, -0.1) is 0 Å². The van der Waals surface area contributed by atoms with Gasteiger partial charge < -0.3 is 9.47 Å². The number of unbranched alkanes of at least 4 members (excludes halogenated alkanes) is 5. The van der Waals surface area contributed by atoms with E-state index < -0.39 is 0 Å². The largest absolute Gasteiger partial charge is 0.465 e. The molecule has 0 bridgehead atoms. The van der Waals surface area contributed by atoms with Crippen LogP contribution in [0.15, 0.2) is 0 Å². The Hall–Kier alpha value is -0.220. The van der Waals surface area contributed by atoms with E-state index in [9.17, 15) is 4.79 Å². The molecule has 3 nitrogen and oxygen atoms in total. The number of ether oxygens (including phenoxy) is 2. The highest BCUT2D eigenvalue weighted by atomic mass is 32.1. The van der Waals surface area contributed by atoms with Crippen molar-refractivity contribution in [2.24, 2.45) is 0 Å². The van der Waals surface area contributed by atoms with E-state index >= 15 is 0 Å². The van der Waals surface area contributed by atoms with Gasteiger partial charge in [0, 0.05) is 13.2 Å². The Labute approximate surface area is 104 Å². The van der Waals surface area contributed by atoms with Crippen LogP contribution in [-0.4, -0.2) is 31.5 Å². The Bertz CT molecular complexity index is 162. The van der Waals surface area contributed by atoms with Crippen LogP contribution in [0.3, 0.4) is 0 Å². The molecule has 0 amide bonds. The van der Waals surface area contributed by atoms with Crippen molar-refractivity contribution in [3.63, 3.8) is 0 Å². The number of carbonyl (C=O) groups is 1. The highest BCUT2D eigenvalue weighted by molar-refractivity contribution is 7.81. The molecule has 0 aromatic rings. The molecule has 0 atom stereocenters. The number of carbonyl (C=O) groups excluding carboxylic acids is 1. The van der Waals surface area contributed by atoms with Crippen LogP contribution in [0.1, 0.15) is 45.4 Å². The minimum atomic E-state index is -0.222. The second-order valence-corrected chi connectivity index (χ2v) is 4.01. The average Bonchev–Trinajstić information content (AvgIpc) is 2.31. The molecule has 0 rings (SSSR count). The summed E-state index contributed by atoms with van der Waals surface area (Å²) in [5, 5.41) is 0. The van der Waals surface area contributed by atoms with Crippen LogP contribution in [0.2, 0.25) is 0 Å². The zero-order valence-corrected chi connectivity index (χ0v) is 11.1. The van der Waals surface area contributed by atoms with Gasteiger partial charge in [-0.25, -0.2) is 0 Å². The lowest BCUT2D eigenvalue weighted by atomic mass is 10.1. The lowest BCUT2D eigenvalue weighted by molar-refractivity contribution is -0.140. The van der Waals surface area contributed by atoms with Crippen LogP contribution in [-0.2, 0) is 14.3 Å². The van der Waals surface area contributed by atoms with E-state index in [1.54, 1.807) is 0 Å². The number of hydrogen-bond donors (Lipinski definition) is 1. The van der Waals surface area contributed by atoms with Gasteiger partial charge in [-0.2, -0.15) is 12.6 Å². The van der Waals surface area contributed by atoms with Crippen LogP contribution in [0.25, 0.3) is 0 Å². The van der Waals surface area contributed by atoms with Crippen molar-refractivity contribution in [2.45, 2.75) is 45.4 Å². The van der Waals surface area contributed by atoms with Gasteiger partial charge in [-0.1, -0.05) is 25.7 Å². The summed E-state index contributed by atoms with van der Waals surface area (Å²) in [6.07, 6.45) is 6.94. The number of hydrogen-bond acceptors (Lipinski definition) is 4. The first-order chi connectivity index (χ1) is 7.81. The first-order valence-corrected chi connectivity index (χ1v) is 6.78. The van der Waals surface area contributed by atoms with E-state index in [-0.39, 0.29) is 11.7 Å². The van der Waals surface area contributed by atoms with Gasteiger partial charge in [0.05, 0.1) is 12.4 Å². The SMILES string of the molecule is CCOCCCCCCCCOC(=O)CS. The van der Waals surface area contributed by atoms with Gasteiger partial charge in [0.25, 0.3) is 0 Å². The van der Waals surface area contributed by atoms with Crippen molar-refractivity contribution in [2.75, 3.05) is 25.6 Å². The maximum atomic E-state index is 10.7. The monoisotopic (exact) mass is 248 g/mol. The van der Waals surface area contributed by atoms with Gasteiger partial charge in [0.2, 0.25) is 0 Å². The predicted molar refractivity (Wildman–Crippen MR) is 69.0 cm³/mol. The van der Waals surface area contributed by atoms with E-state index in [1.807, 2.05) is 6.92 Å². The first-order valence-electron chi connectivity index (χ1n) is 6.15. The summed E-state index contributed by atoms with van der Waals surface area (Å²) >= 11 is 3.83. The molecule has 0 fully saturated rings. The highest BCUT2D eigenvalue weighted by Gasteiger charge is 1.97. The van der Waals surface area contributed by atoms with Crippen LogP contribution in [0.4, 0.5) is 0 Å². The van der Waals surface area contributed by atoms with Gasteiger partial charge in [-0.05, 0) is 19.8 Å². The fraction of sp³-hybridized carbons (Fsp3) is 0.917. The maximum Gasteiger partial charge on any atom is 0.315 e. The van der Waals surface area contributed by atoms with Crippen LogP contribution < -0.4 is 0 Å². The summed E-state index contributed by atoms with van der Waals surface area (Å²) in [7, 11) is 0. The Morgan fingerprint density at radius 1 is 1.00 bits per heavy atom. The molecule has 16 heavy (non-hydrogen) atoms. The van der Waals surface area contributed by atoms with Crippen LogP contribution in [0.5, 0.6) is 0 Å². The topological polar surface area (TPSA) is 35.5 Å². The van der Waals surface area contributed by atoms with E-state index in [2.05, 4.69) is 12.6 Å². The Morgan fingerprint density at radius 2 is 1.56 bits per heavy atom. The molecule has 0 N–H and O–H groups in total. The van der Waals surface area contributed by atoms with Crippen molar-refractivity contribution < 1.29 is 14.3 Å². The average molecular weight is 248 g/mol. The number of rotatable bonds is 11. The molecule has 0 heterocycles. The lowest BCUT2D eigenvalue weighted by Gasteiger charge is -2.03. The highest BCUT2D eigenvalue weighted by Crippen LogP contribution is 2.05. The predicted octanol–water partition coefficient (Wildman–Crippen LogP) is 2.84. The Morgan fingerprint density at radius 3 is 2.12 bits per heavy atom. The summed E-state index contributed by atoms with van der Waals surface area (Å²) in [6, 6.07) is 0.